The fourth-order valence-electron chi connectivity index (χ4n) is 2.52. The number of anilines is 1. The van der Waals surface area contributed by atoms with Crippen LogP contribution < -0.4 is 15.4 Å². The Kier molecular flexibility index (Phi) is 6.56. The molecular formula is C19H13Cl2N3O5S. The lowest BCUT2D eigenvalue weighted by molar-refractivity contribution is -0.384. The number of carbonyl (C=O) groups excluding carboxylic acids is 1. The van der Waals surface area contributed by atoms with E-state index in [1.54, 1.807) is 24.3 Å². The van der Waals surface area contributed by atoms with Gasteiger partial charge in [0.25, 0.3) is 11.6 Å². The van der Waals surface area contributed by atoms with Crippen molar-refractivity contribution in [2.45, 2.75) is 0 Å². The van der Waals surface area contributed by atoms with Crippen molar-refractivity contribution in [2.24, 2.45) is 0 Å². The Bertz CT molecular complexity index is 1150. The summed E-state index contributed by atoms with van der Waals surface area (Å²) in [7, 11) is 1.40. The van der Waals surface area contributed by atoms with Gasteiger partial charge in [0.05, 0.1) is 27.8 Å². The summed E-state index contributed by atoms with van der Waals surface area (Å²) in [6, 6.07) is 12.0. The number of nitrogens with zero attached hydrogens (tertiary/aromatic N) is 1. The first kappa shape index (κ1) is 21.6. The highest BCUT2D eigenvalue weighted by atomic mass is 35.5. The molecule has 30 heavy (non-hydrogen) atoms. The van der Waals surface area contributed by atoms with Crippen molar-refractivity contribution >= 4 is 57.8 Å². The predicted octanol–water partition coefficient (Wildman–Crippen LogP) is 5.30. The number of ether oxygens (including phenoxy) is 1. The minimum atomic E-state index is -0.624. The second kappa shape index (κ2) is 9.12. The molecule has 0 spiro atoms. The van der Waals surface area contributed by atoms with Gasteiger partial charge in [-0.25, -0.2) is 0 Å². The lowest BCUT2D eigenvalue weighted by atomic mass is 10.2. The summed E-state index contributed by atoms with van der Waals surface area (Å²) in [6.45, 7) is 0. The molecule has 1 aromatic heterocycles. The second-order valence-electron chi connectivity index (χ2n) is 5.82. The standard InChI is InChI=1S/C19H13Cl2N3O5S/c1-28-15-6-5-10(24(26)27)9-13(15)22-19(30)23-18(25)16-8-7-14(29-16)11-3-2-4-12(20)17(11)21/h2-9H,1H3,(H2,22,23,25,30). The highest BCUT2D eigenvalue weighted by Gasteiger charge is 2.17. The molecule has 8 nitrogen and oxygen atoms in total. The van der Waals surface area contributed by atoms with Crippen molar-refractivity contribution < 1.29 is 18.9 Å². The number of benzene rings is 2. The Labute approximate surface area is 185 Å². The first-order valence-electron chi connectivity index (χ1n) is 8.29. The zero-order chi connectivity index (χ0) is 21.8. The summed E-state index contributed by atoms with van der Waals surface area (Å²) < 4.78 is 10.7. The maximum atomic E-state index is 12.4. The van der Waals surface area contributed by atoms with E-state index in [1.165, 1.54) is 31.4 Å². The van der Waals surface area contributed by atoms with Crippen LogP contribution in [-0.2, 0) is 0 Å². The Balaban J connectivity index is 1.73. The third kappa shape index (κ3) is 4.70. The van der Waals surface area contributed by atoms with Crippen molar-refractivity contribution in [3.8, 4) is 17.1 Å². The van der Waals surface area contributed by atoms with E-state index in [0.717, 1.165) is 0 Å². The van der Waals surface area contributed by atoms with Crippen LogP contribution in [0.1, 0.15) is 10.6 Å². The van der Waals surface area contributed by atoms with Crippen LogP contribution in [-0.4, -0.2) is 23.1 Å². The zero-order valence-corrected chi connectivity index (χ0v) is 17.6. The molecule has 0 aliphatic carbocycles. The van der Waals surface area contributed by atoms with Crippen LogP contribution >= 0.6 is 35.4 Å². The van der Waals surface area contributed by atoms with Gasteiger partial charge in [-0.3, -0.25) is 20.2 Å². The quantitative estimate of drug-likeness (QED) is 0.299. The molecule has 1 heterocycles. The van der Waals surface area contributed by atoms with Crippen molar-refractivity contribution in [3.63, 3.8) is 0 Å². The lowest BCUT2D eigenvalue weighted by Crippen LogP contribution is -2.34. The average molecular weight is 466 g/mol. The lowest BCUT2D eigenvalue weighted by Gasteiger charge is -2.12. The Morgan fingerprint density at radius 2 is 1.97 bits per heavy atom. The maximum absolute atomic E-state index is 12.4. The molecule has 0 atom stereocenters. The summed E-state index contributed by atoms with van der Waals surface area (Å²) in [5.41, 5.74) is 0.592. The first-order chi connectivity index (χ1) is 14.3. The highest BCUT2D eigenvalue weighted by Crippen LogP contribution is 2.34. The van der Waals surface area contributed by atoms with Gasteiger partial charge in [-0.1, -0.05) is 29.3 Å². The Morgan fingerprint density at radius 3 is 2.67 bits per heavy atom. The van der Waals surface area contributed by atoms with E-state index < -0.39 is 10.8 Å². The normalized spacial score (nSPS) is 10.4. The minimum Gasteiger partial charge on any atom is -0.495 e. The van der Waals surface area contributed by atoms with E-state index in [4.69, 9.17) is 44.6 Å². The number of carbonyl (C=O) groups is 1. The van der Waals surface area contributed by atoms with Crippen molar-refractivity contribution in [1.29, 1.82) is 0 Å². The van der Waals surface area contributed by atoms with E-state index in [1.807, 2.05) is 0 Å². The molecule has 3 rings (SSSR count). The second-order valence-corrected chi connectivity index (χ2v) is 7.01. The van der Waals surface area contributed by atoms with E-state index in [-0.39, 0.29) is 22.2 Å². The highest BCUT2D eigenvalue weighted by molar-refractivity contribution is 7.80. The molecular weight excluding hydrogens is 453 g/mol. The third-order valence-corrected chi connectivity index (χ3v) is 4.94. The number of hydrogen-bond donors (Lipinski definition) is 2. The number of nitrogens with one attached hydrogen (secondary N) is 2. The van der Waals surface area contributed by atoms with Crippen molar-refractivity contribution in [3.05, 3.63) is 74.5 Å². The summed E-state index contributed by atoms with van der Waals surface area (Å²) in [4.78, 5) is 22.9. The van der Waals surface area contributed by atoms with E-state index >= 15 is 0 Å². The number of hydrogen-bond acceptors (Lipinski definition) is 6. The number of nitro benzene ring substituents is 1. The van der Waals surface area contributed by atoms with Gasteiger partial charge in [0, 0.05) is 17.7 Å². The van der Waals surface area contributed by atoms with Crippen molar-refractivity contribution in [2.75, 3.05) is 12.4 Å². The van der Waals surface area contributed by atoms with Crippen LogP contribution in [0.5, 0.6) is 5.75 Å². The van der Waals surface area contributed by atoms with Gasteiger partial charge in [-0.15, -0.1) is 0 Å². The largest absolute Gasteiger partial charge is 0.495 e. The number of thiocarbonyl (C=S) groups is 1. The smallest absolute Gasteiger partial charge is 0.293 e. The van der Waals surface area contributed by atoms with Crippen LogP contribution in [0.25, 0.3) is 11.3 Å². The zero-order valence-electron chi connectivity index (χ0n) is 15.3. The molecule has 0 aliphatic heterocycles. The van der Waals surface area contributed by atoms with Gasteiger partial charge >= 0.3 is 0 Å². The molecule has 0 saturated heterocycles. The topological polar surface area (TPSA) is 107 Å². The average Bonchev–Trinajstić information content (AvgIpc) is 3.20. The summed E-state index contributed by atoms with van der Waals surface area (Å²) in [5, 5.41) is 16.7. The molecule has 0 aliphatic rings. The molecule has 0 radical (unpaired) electrons. The molecule has 0 fully saturated rings. The van der Waals surface area contributed by atoms with Gasteiger partial charge in [0.15, 0.2) is 10.9 Å². The van der Waals surface area contributed by atoms with Gasteiger partial charge in [0.1, 0.15) is 11.5 Å². The van der Waals surface area contributed by atoms with Gasteiger partial charge < -0.3 is 14.5 Å². The fraction of sp³-hybridized carbons (Fsp3) is 0.0526. The van der Waals surface area contributed by atoms with E-state index in [0.29, 0.717) is 27.1 Å². The number of rotatable bonds is 5. The van der Waals surface area contributed by atoms with Crippen LogP contribution in [0.15, 0.2) is 52.9 Å². The number of halogens is 2. The molecule has 2 N–H and O–H groups in total. The third-order valence-electron chi connectivity index (χ3n) is 3.92. The van der Waals surface area contributed by atoms with E-state index in [2.05, 4.69) is 10.6 Å². The Morgan fingerprint density at radius 1 is 1.20 bits per heavy atom. The number of nitro groups is 1. The van der Waals surface area contributed by atoms with Gasteiger partial charge in [-0.05, 0) is 42.5 Å². The first-order valence-corrected chi connectivity index (χ1v) is 9.45. The predicted molar refractivity (Wildman–Crippen MR) is 117 cm³/mol. The van der Waals surface area contributed by atoms with Crippen molar-refractivity contribution in [1.82, 2.24) is 5.32 Å². The van der Waals surface area contributed by atoms with Crippen LogP contribution in [0, 0.1) is 10.1 Å². The van der Waals surface area contributed by atoms with Crippen LogP contribution in [0.4, 0.5) is 11.4 Å². The fourth-order valence-corrected chi connectivity index (χ4v) is 3.12. The number of methoxy groups -OCH3 is 1. The molecule has 154 valence electrons. The number of furan rings is 1. The molecule has 0 saturated carbocycles. The SMILES string of the molecule is COc1ccc([N+](=O)[O-])cc1NC(=S)NC(=O)c1ccc(-c2cccc(Cl)c2Cl)o1. The monoisotopic (exact) mass is 465 g/mol. The molecule has 2 aromatic carbocycles. The molecule has 11 heteroatoms. The molecule has 0 unspecified atom stereocenters. The van der Waals surface area contributed by atoms with E-state index in [9.17, 15) is 14.9 Å². The molecule has 3 aromatic rings. The summed E-state index contributed by atoms with van der Waals surface area (Å²) >= 11 is 17.3. The van der Waals surface area contributed by atoms with Gasteiger partial charge in [-0.2, -0.15) is 0 Å². The van der Waals surface area contributed by atoms with Crippen LogP contribution in [0.2, 0.25) is 10.0 Å². The Hall–Kier alpha value is -3.14. The number of amides is 1. The van der Waals surface area contributed by atoms with Crippen LogP contribution in [0.3, 0.4) is 0 Å². The van der Waals surface area contributed by atoms with Gasteiger partial charge in [0.2, 0.25) is 0 Å². The maximum Gasteiger partial charge on any atom is 0.293 e. The molecule has 1 amide bonds. The summed E-state index contributed by atoms with van der Waals surface area (Å²) in [6.07, 6.45) is 0. The number of non-ortho nitro benzene ring substituents is 1. The minimum absolute atomic E-state index is 0.0174. The molecule has 0 bridgehead atoms. The summed E-state index contributed by atoms with van der Waals surface area (Å²) in [5.74, 6) is 0.0254.